The van der Waals surface area contributed by atoms with Gasteiger partial charge in [0.05, 0.1) is 24.1 Å². The van der Waals surface area contributed by atoms with Gasteiger partial charge in [0.1, 0.15) is 5.75 Å². The fraction of sp³-hybridized carbons (Fsp3) is 0.417. The predicted octanol–water partition coefficient (Wildman–Crippen LogP) is 2.66. The number of benzene rings is 1. The van der Waals surface area contributed by atoms with E-state index < -0.39 is 5.41 Å². The third kappa shape index (κ3) is 1.71. The summed E-state index contributed by atoms with van der Waals surface area (Å²) in [5.74, 6) is 0.588. The topological polar surface area (TPSA) is 35.5 Å². The lowest BCUT2D eigenvalue weighted by molar-refractivity contribution is -0.143. The van der Waals surface area contributed by atoms with Gasteiger partial charge in [0.25, 0.3) is 0 Å². The Morgan fingerprint density at radius 1 is 1.38 bits per heavy atom. The van der Waals surface area contributed by atoms with Crippen LogP contribution in [0.1, 0.15) is 18.4 Å². The number of halogens is 1. The average Bonchev–Trinajstić information content (AvgIpc) is 3.10. The van der Waals surface area contributed by atoms with Crippen LogP contribution in [0.4, 0.5) is 0 Å². The SMILES string of the molecule is COC(=O)C1(c2ccc(Br)c(OC)c2)CC1. The fourth-order valence-corrected chi connectivity index (χ4v) is 2.30. The van der Waals surface area contributed by atoms with E-state index in [-0.39, 0.29) is 5.97 Å². The molecule has 1 fully saturated rings. The highest BCUT2D eigenvalue weighted by Crippen LogP contribution is 2.50. The third-order valence-electron chi connectivity index (χ3n) is 3.03. The number of esters is 1. The smallest absolute Gasteiger partial charge is 0.316 e. The second-order valence-electron chi connectivity index (χ2n) is 3.92. The molecule has 0 aromatic heterocycles. The monoisotopic (exact) mass is 284 g/mol. The maximum Gasteiger partial charge on any atom is 0.316 e. The highest BCUT2D eigenvalue weighted by Gasteiger charge is 2.52. The van der Waals surface area contributed by atoms with E-state index in [0.29, 0.717) is 0 Å². The zero-order valence-corrected chi connectivity index (χ0v) is 10.8. The molecule has 0 bridgehead atoms. The van der Waals surface area contributed by atoms with Crippen molar-refractivity contribution in [3.05, 3.63) is 28.2 Å². The molecule has 86 valence electrons. The fourth-order valence-electron chi connectivity index (χ4n) is 1.89. The highest BCUT2D eigenvalue weighted by atomic mass is 79.9. The Morgan fingerprint density at radius 3 is 2.56 bits per heavy atom. The first-order valence-electron chi connectivity index (χ1n) is 5.06. The summed E-state index contributed by atoms with van der Waals surface area (Å²) < 4.78 is 11.0. The van der Waals surface area contributed by atoms with Gasteiger partial charge in [0, 0.05) is 0 Å². The molecule has 1 aliphatic rings. The van der Waals surface area contributed by atoms with Crippen molar-refractivity contribution in [3.8, 4) is 5.75 Å². The standard InChI is InChI=1S/C12H13BrO3/c1-15-10-7-8(3-4-9(10)13)12(5-6-12)11(14)16-2/h3-4,7H,5-6H2,1-2H3. The molecule has 1 aliphatic carbocycles. The molecule has 0 radical (unpaired) electrons. The summed E-state index contributed by atoms with van der Waals surface area (Å²) in [6, 6.07) is 5.74. The van der Waals surface area contributed by atoms with Crippen LogP contribution in [0.15, 0.2) is 22.7 Å². The van der Waals surface area contributed by atoms with E-state index in [4.69, 9.17) is 9.47 Å². The molecule has 0 spiro atoms. The molecule has 1 aromatic rings. The lowest BCUT2D eigenvalue weighted by Gasteiger charge is -2.14. The zero-order valence-electron chi connectivity index (χ0n) is 9.25. The van der Waals surface area contributed by atoms with Gasteiger partial charge in [-0.2, -0.15) is 0 Å². The van der Waals surface area contributed by atoms with E-state index in [1.54, 1.807) is 7.11 Å². The minimum absolute atomic E-state index is 0.156. The second-order valence-corrected chi connectivity index (χ2v) is 4.78. The Balaban J connectivity index is 2.38. The molecule has 1 aromatic carbocycles. The van der Waals surface area contributed by atoms with E-state index in [9.17, 15) is 4.79 Å². The van der Waals surface area contributed by atoms with Gasteiger partial charge in [-0.25, -0.2) is 0 Å². The van der Waals surface area contributed by atoms with Gasteiger partial charge in [-0.05, 0) is 46.5 Å². The molecule has 0 atom stereocenters. The first-order valence-corrected chi connectivity index (χ1v) is 5.86. The Hall–Kier alpha value is -1.03. The van der Waals surface area contributed by atoms with E-state index in [0.717, 1.165) is 28.6 Å². The Bertz CT molecular complexity index is 424. The van der Waals surface area contributed by atoms with Gasteiger partial charge in [-0.3, -0.25) is 4.79 Å². The molecule has 1 saturated carbocycles. The molecular weight excluding hydrogens is 272 g/mol. The normalized spacial score (nSPS) is 16.7. The molecule has 0 heterocycles. The molecule has 0 aliphatic heterocycles. The van der Waals surface area contributed by atoms with Crippen LogP contribution in [0.25, 0.3) is 0 Å². The van der Waals surface area contributed by atoms with Gasteiger partial charge in [0.15, 0.2) is 0 Å². The molecule has 0 N–H and O–H groups in total. The predicted molar refractivity (Wildman–Crippen MR) is 63.6 cm³/mol. The van der Waals surface area contributed by atoms with Crippen LogP contribution in [0.2, 0.25) is 0 Å². The number of ether oxygens (including phenoxy) is 2. The zero-order chi connectivity index (χ0) is 11.8. The maximum atomic E-state index is 11.7. The van der Waals surface area contributed by atoms with E-state index in [2.05, 4.69) is 15.9 Å². The highest BCUT2D eigenvalue weighted by molar-refractivity contribution is 9.10. The molecule has 4 heteroatoms. The molecule has 16 heavy (non-hydrogen) atoms. The second kappa shape index (κ2) is 4.09. The molecule has 0 saturated heterocycles. The first-order chi connectivity index (χ1) is 7.64. The number of carbonyl (C=O) groups excluding carboxylic acids is 1. The van der Waals surface area contributed by atoms with E-state index in [1.165, 1.54) is 7.11 Å². The Kier molecular flexibility index (Phi) is 2.93. The minimum atomic E-state index is -0.428. The van der Waals surface area contributed by atoms with Crippen molar-refractivity contribution in [2.75, 3.05) is 14.2 Å². The van der Waals surface area contributed by atoms with Crippen LogP contribution in [0, 0.1) is 0 Å². The number of carbonyl (C=O) groups is 1. The van der Waals surface area contributed by atoms with Crippen molar-refractivity contribution < 1.29 is 14.3 Å². The molecule has 2 rings (SSSR count). The summed E-state index contributed by atoms with van der Waals surface area (Å²) in [4.78, 5) is 11.7. The number of methoxy groups -OCH3 is 2. The lowest BCUT2D eigenvalue weighted by atomic mass is 9.96. The molecule has 0 amide bonds. The van der Waals surface area contributed by atoms with Gasteiger partial charge >= 0.3 is 5.97 Å². The van der Waals surface area contributed by atoms with Crippen molar-refractivity contribution in [3.63, 3.8) is 0 Å². The van der Waals surface area contributed by atoms with Crippen LogP contribution in [0.3, 0.4) is 0 Å². The van der Waals surface area contributed by atoms with Crippen LogP contribution >= 0.6 is 15.9 Å². The van der Waals surface area contributed by atoms with Gasteiger partial charge in [-0.15, -0.1) is 0 Å². The summed E-state index contributed by atoms with van der Waals surface area (Å²) in [5.41, 5.74) is 0.544. The van der Waals surface area contributed by atoms with Crippen molar-refractivity contribution >= 4 is 21.9 Å². The van der Waals surface area contributed by atoms with E-state index in [1.807, 2.05) is 18.2 Å². The minimum Gasteiger partial charge on any atom is -0.496 e. The summed E-state index contributed by atoms with van der Waals surface area (Å²) in [5, 5.41) is 0. The summed E-state index contributed by atoms with van der Waals surface area (Å²) >= 11 is 3.39. The summed E-state index contributed by atoms with van der Waals surface area (Å²) in [7, 11) is 3.04. The van der Waals surface area contributed by atoms with Gasteiger partial charge in [-0.1, -0.05) is 6.07 Å². The maximum absolute atomic E-state index is 11.7. The number of hydrogen-bond donors (Lipinski definition) is 0. The molecular formula is C12H13BrO3. The molecule has 0 unspecified atom stereocenters. The largest absolute Gasteiger partial charge is 0.496 e. The summed E-state index contributed by atoms with van der Waals surface area (Å²) in [6.45, 7) is 0. The van der Waals surface area contributed by atoms with Crippen molar-refractivity contribution in [1.82, 2.24) is 0 Å². The Labute approximate surface area is 103 Å². The van der Waals surface area contributed by atoms with Crippen molar-refractivity contribution in [1.29, 1.82) is 0 Å². The third-order valence-corrected chi connectivity index (χ3v) is 3.68. The van der Waals surface area contributed by atoms with Crippen molar-refractivity contribution in [2.24, 2.45) is 0 Å². The van der Waals surface area contributed by atoms with Crippen LogP contribution in [-0.2, 0) is 14.9 Å². The first kappa shape index (κ1) is 11.5. The van der Waals surface area contributed by atoms with Crippen LogP contribution in [0.5, 0.6) is 5.75 Å². The number of rotatable bonds is 3. The van der Waals surface area contributed by atoms with Crippen molar-refractivity contribution in [2.45, 2.75) is 18.3 Å². The molecule has 3 nitrogen and oxygen atoms in total. The van der Waals surface area contributed by atoms with Gasteiger partial charge < -0.3 is 9.47 Å². The Morgan fingerprint density at radius 2 is 2.06 bits per heavy atom. The van der Waals surface area contributed by atoms with Gasteiger partial charge in [0.2, 0.25) is 0 Å². The quantitative estimate of drug-likeness (QED) is 0.801. The lowest BCUT2D eigenvalue weighted by Crippen LogP contribution is -2.21. The van der Waals surface area contributed by atoms with E-state index >= 15 is 0 Å². The number of hydrogen-bond acceptors (Lipinski definition) is 3. The van der Waals surface area contributed by atoms with Crippen LogP contribution < -0.4 is 4.74 Å². The summed E-state index contributed by atoms with van der Waals surface area (Å²) in [6.07, 6.45) is 1.70. The average molecular weight is 285 g/mol. The van der Waals surface area contributed by atoms with Crippen LogP contribution in [-0.4, -0.2) is 20.2 Å².